The molecule has 1 spiro atoms. The summed E-state index contributed by atoms with van der Waals surface area (Å²) in [4.78, 5) is 30.2. The summed E-state index contributed by atoms with van der Waals surface area (Å²) < 4.78 is 28.1. The first-order valence-electron chi connectivity index (χ1n) is 9.09. The second-order valence-electron chi connectivity index (χ2n) is 7.84. The number of hydrogen-bond donors (Lipinski definition) is 0. The maximum atomic E-state index is 14.5. The highest BCUT2D eigenvalue weighted by molar-refractivity contribution is 5.96. The topological polar surface area (TPSA) is 43.9 Å². The number of hydrogen-bond acceptors (Lipinski definition) is 3. The van der Waals surface area contributed by atoms with Crippen LogP contribution in [0.5, 0.6) is 0 Å². The average molecular weight is 363 g/mol. The maximum absolute atomic E-state index is 14.5. The van der Waals surface area contributed by atoms with Crippen LogP contribution < -0.4 is 4.90 Å². The molecule has 26 heavy (non-hydrogen) atoms. The van der Waals surface area contributed by atoms with Gasteiger partial charge < -0.3 is 9.80 Å². The van der Waals surface area contributed by atoms with Gasteiger partial charge in [0.15, 0.2) is 5.67 Å². The molecule has 7 heteroatoms. The number of nitrogens with zero attached hydrogens (tertiary/aromatic N) is 3. The zero-order chi connectivity index (χ0) is 18.5. The van der Waals surface area contributed by atoms with E-state index in [9.17, 15) is 18.4 Å². The van der Waals surface area contributed by atoms with Gasteiger partial charge in [-0.1, -0.05) is 6.07 Å². The van der Waals surface area contributed by atoms with Gasteiger partial charge in [0.05, 0.1) is 12.1 Å². The van der Waals surface area contributed by atoms with Crippen molar-refractivity contribution < 1.29 is 18.4 Å². The first kappa shape index (κ1) is 17.4. The first-order chi connectivity index (χ1) is 12.3. The van der Waals surface area contributed by atoms with Gasteiger partial charge in [0, 0.05) is 25.3 Å². The predicted octanol–water partition coefficient (Wildman–Crippen LogP) is 1.97. The summed E-state index contributed by atoms with van der Waals surface area (Å²) >= 11 is 0. The number of halogens is 2. The standard InChI is InChI=1S/C19H23F2N3O2/c1-22-11-16(25)24(15-5-2-4-14(20)10-15)13-18(22)8-9-23(12-18)17(26)19(21)6-3-7-19/h2,4-5,10H,3,6-9,11-13H2,1H3. The number of carbonyl (C=O) groups excluding carboxylic acids is 2. The van der Waals surface area contributed by atoms with Crippen molar-refractivity contribution in [2.75, 3.05) is 38.1 Å². The number of anilines is 1. The molecule has 2 amide bonds. The molecule has 0 radical (unpaired) electrons. The van der Waals surface area contributed by atoms with Gasteiger partial charge >= 0.3 is 0 Å². The number of likely N-dealkylation sites (N-methyl/N-ethyl adjacent to an activating group) is 1. The molecule has 1 atom stereocenters. The fourth-order valence-corrected chi connectivity index (χ4v) is 4.29. The molecule has 5 nitrogen and oxygen atoms in total. The van der Waals surface area contributed by atoms with Crippen molar-refractivity contribution in [3.63, 3.8) is 0 Å². The third kappa shape index (κ3) is 2.69. The molecule has 140 valence electrons. The molecule has 3 fully saturated rings. The van der Waals surface area contributed by atoms with Crippen LogP contribution in [0.2, 0.25) is 0 Å². The van der Waals surface area contributed by atoms with Crippen molar-refractivity contribution in [2.45, 2.75) is 36.9 Å². The molecule has 0 aromatic heterocycles. The highest BCUT2D eigenvalue weighted by Gasteiger charge is 2.53. The second-order valence-corrected chi connectivity index (χ2v) is 7.84. The van der Waals surface area contributed by atoms with E-state index in [0.29, 0.717) is 44.6 Å². The Morgan fingerprint density at radius 3 is 2.62 bits per heavy atom. The monoisotopic (exact) mass is 363 g/mol. The number of piperazine rings is 1. The number of amides is 2. The van der Waals surface area contributed by atoms with Gasteiger partial charge in [-0.3, -0.25) is 14.5 Å². The van der Waals surface area contributed by atoms with Gasteiger partial charge in [-0.25, -0.2) is 8.78 Å². The molecule has 1 aromatic rings. The van der Waals surface area contributed by atoms with E-state index in [1.54, 1.807) is 21.9 Å². The largest absolute Gasteiger partial charge is 0.338 e. The van der Waals surface area contributed by atoms with Crippen LogP contribution in [0.25, 0.3) is 0 Å². The van der Waals surface area contributed by atoms with Crippen LogP contribution in [0.15, 0.2) is 24.3 Å². The Morgan fingerprint density at radius 1 is 1.19 bits per heavy atom. The average Bonchev–Trinajstić information content (AvgIpc) is 3.01. The maximum Gasteiger partial charge on any atom is 0.260 e. The van der Waals surface area contributed by atoms with Crippen molar-refractivity contribution in [1.29, 1.82) is 0 Å². The van der Waals surface area contributed by atoms with Crippen LogP contribution in [0, 0.1) is 5.82 Å². The highest BCUT2D eigenvalue weighted by atomic mass is 19.1. The molecule has 1 unspecified atom stereocenters. The minimum absolute atomic E-state index is 0.102. The molecule has 3 aliphatic rings. The minimum Gasteiger partial charge on any atom is -0.338 e. The van der Waals surface area contributed by atoms with Crippen molar-refractivity contribution in [1.82, 2.24) is 9.80 Å². The van der Waals surface area contributed by atoms with E-state index in [0.717, 1.165) is 6.42 Å². The Morgan fingerprint density at radius 2 is 1.96 bits per heavy atom. The summed E-state index contributed by atoms with van der Waals surface area (Å²) in [7, 11) is 1.86. The summed E-state index contributed by atoms with van der Waals surface area (Å²) in [5, 5.41) is 0. The minimum atomic E-state index is -1.70. The van der Waals surface area contributed by atoms with Crippen LogP contribution >= 0.6 is 0 Å². The lowest BCUT2D eigenvalue weighted by molar-refractivity contribution is -0.149. The van der Waals surface area contributed by atoms with Crippen LogP contribution in [0.1, 0.15) is 25.7 Å². The van der Waals surface area contributed by atoms with Gasteiger partial charge in [0.1, 0.15) is 5.82 Å². The third-order valence-electron chi connectivity index (χ3n) is 6.20. The lowest BCUT2D eigenvalue weighted by Gasteiger charge is -2.47. The number of benzene rings is 1. The zero-order valence-electron chi connectivity index (χ0n) is 14.9. The fraction of sp³-hybridized carbons (Fsp3) is 0.579. The molecule has 0 bridgehead atoms. The number of carbonyl (C=O) groups is 2. The van der Waals surface area contributed by atoms with E-state index in [1.807, 2.05) is 11.9 Å². The highest BCUT2D eigenvalue weighted by Crippen LogP contribution is 2.40. The van der Waals surface area contributed by atoms with Gasteiger partial charge in [0.2, 0.25) is 5.91 Å². The Balaban J connectivity index is 1.55. The molecular weight excluding hydrogens is 340 g/mol. The van der Waals surface area contributed by atoms with Gasteiger partial charge in [0.25, 0.3) is 5.91 Å². The van der Waals surface area contributed by atoms with Crippen LogP contribution in [0.4, 0.5) is 14.5 Å². The summed E-state index contributed by atoms with van der Waals surface area (Å²) in [5.74, 6) is -0.909. The SMILES string of the molecule is CN1CC(=O)N(c2cccc(F)c2)CC12CCN(C(=O)C1(F)CCC1)C2. The predicted molar refractivity (Wildman–Crippen MR) is 93.0 cm³/mol. The van der Waals surface area contributed by atoms with Crippen molar-refractivity contribution >= 4 is 17.5 Å². The molecule has 2 heterocycles. The molecular formula is C19H23F2N3O2. The zero-order valence-corrected chi connectivity index (χ0v) is 14.9. The lowest BCUT2D eigenvalue weighted by atomic mass is 9.81. The summed E-state index contributed by atoms with van der Waals surface area (Å²) in [6.45, 7) is 1.45. The molecule has 1 aliphatic carbocycles. The quantitative estimate of drug-likeness (QED) is 0.807. The van der Waals surface area contributed by atoms with E-state index in [2.05, 4.69) is 0 Å². The number of rotatable bonds is 2. The van der Waals surface area contributed by atoms with E-state index in [1.165, 1.54) is 12.1 Å². The van der Waals surface area contributed by atoms with Gasteiger partial charge in [-0.15, -0.1) is 0 Å². The van der Waals surface area contributed by atoms with Gasteiger partial charge in [-0.2, -0.15) is 0 Å². The van der Waals surface area contributed by atoms with Crippen LogP contribution in [-0.2, 0) is 9.59 Å². The molecule has 4 rings (SSSR count). The van der Waals surface area contributed by atoms with E-state index < -0.39 is 22.9 Å². The Labute approximate surface area is 151 Å². The summed E-state index contributed by atoms with van der Waals surface area (Å²) in [6.07, 6.45) is 2.03. The van der Waals surface area contributed by atoms with Crippen LogP contribution in [0.3, 0.4) is 0 Å². The molecule has 1 saturated carbocycles. The third-order valence-corrected chi connectivity index (χ3v) is 6.20. The van der Waals surface area contributed by atoms with Crippen molar-refractivity contribution in [3.05, 3.63) is 30.1 Å². The molecule has 2 aliphatic heterocycles. The lowest BCUT2D eigenvalue weighted by Crippen LogP contribution is -2.65. The van der Waals surface area contributed by atoms with E-state index in [-0.39, 0.29) is 12.5 Å². The van der Waals surface area contributed by atoms with E-state index in [4.69, 9.17) is 0 Å². The number of alkyl halides is 1. The molecule has 0 N–H and O–H groups in total. The smallest absolute Gasteiger partial charge is 0.260 e. The van der Waals surface area contributed by atoms with Crippen molar-refractivity contribution in [2.24, 2.45) is 0 Å². The first-order valence-corrected chi connectivity index (χ1v) is 9.09. The van der Waals surface area contributed by atoms with Crippen molar-refractivity contribution in [3.8, 4) is 0 Å². The molecule has 1 aromatic carbocycles. The Hall–Kier alpha value is -2.02. The second kappa shape index (κ2) is 6.01. The summed E-state index contributed by atoms with van der Waals surface area (Å²) in [6, 6.07) is 5.98. The fourth-order valence-electron chi connectivity index (χ4n) is 4.29. The van der Waals surface area contributed by atoms with Crippen LogP contribution in [-0.4, -0.2) is 66.0 Å². The van der Waals surface area contributed by atoms with Gasteiger partial charge in [-0.05, 0) is 50.9 Å². The Bertz CT molecular complexity index is 752. The van der Waals surface area contributed by atoms with E-state index >= 15 is 0 Å². The molecule has 2 saturated heterocycles. The summed E-state index contributed by atoms with van der Waals surface area (Å²) in [5.41, 5.74) is -1.60. The normalized spacial score (nSPS) is 28.5. The Kier molecular flexibility index (Phi) is 4.02. The number of likely N-dealkylation sites (tertiary alicyclic amines) is 1.